The first-order valence-corrected chi connectivity index (χ1v) is 8.41. The van der Waals surface area contributed by atoms with Crippen molar-refractivity contribution in [2.45, 2.75) is 32.4 Å². The summed E-state index contributed by atoms with van der Waals surface area (Å²) in [6, 6.07) is 3.95. The van der Waals surface area contributed by atoms with E-state index in [1.165, 1.54) is 0 Å². The molecule has 1 N–H and O–H groups in total. The van der Waals surface area contributed by atoms with Gasteiger partial charge in [0.15, 0.2) is 5.69 Å². The molecule has 0 saturated carbocycles. The monoisotopic (exact) mass is 328 g/mol. The quantitative estimate of drug-likeness (QED) is 0.802. The molecule has 3 aromatic heterocycles. The topological polar surface area (TPSA) is 73.0 Å². The molecule has 6 nitrogen and oxygen atoms in total. The predicted octanol–water partition coefficient (Wildman–Crippen LogP) is 2.65. The van der Waals surface area contributed by atoms with E-state index in [9.17, 15) is 4.79 Å². The predicted molar refractivity (Wildman–Crippen MR) is 86.4 cm³/mol. The average Bonchev–Trinajstić information content (AvgIpc) is 3.26. The maximum atomic E-state index is 12.5. The normalized spacial score (nSPS) is 17.0. The van der Waals surface area contributed by atoms with Gasteiger partial charge in [0.05, 0.1) is 4.88 Å². The largest absolute Gasteiger partial charge is 0.440 e. The van der Waals surface area contributed by atoms with Crippen LogP contribution in [-0.2, 0) is 13.0 Å². The molecule has 3 aromatic rings. The number of nitrogens with zero attached hydrogens (tertiary/aromatic N) is 3. The van der Waals surface area contributed by atoms with Gasteiger partial charge >= 0.3 is 0 Å². The Labute approximate surface area is 137 Å². The van der Waals surface area contributed by atoms with Crippen LogP contribution in [0, 0.1) is 6.92 Å². The Morgan fingerprint density at radius 1 is 1.52 bits per heavy atom. The van der Waals surface area contributed by atoms with Gasteiger partial charge in [0.1, 0.15) is 11.6 Å². The van der Waals surface area contributed by atoms with E-state index in [1.807, 2.05) is 23.7 Å². The Balaban J connectivity index is 1.50. The first kappa shape index (κ1) is 14.2. The summed E-state index contributed by atoms with van der Waals surface area (Å²) < 4.78 is 7.72. The first-order chi connectivity index (χ1) is 11.2. The number of nitrogens with one attached hydrogen (secondary N) is 1. The summed E-state index contributed by atoms with van der Waals surface area (Å²) in [4.78, 5) is 22.1. The van der Waals surface area contributed by atoms with Crippen molar-refractivity contribution in [3.63, 3.8) is 0 Å². The van der Waals surface area contributed by atoms with Gasteiger partial charge in [-0.25, -0.2) is 9.97 Å². The first-order valence-electron chi connectivity index (χ1n) is 7.53. The third kappa shape index (κ3) is 2.68. The van der Waals surface area contributed by atoms with Crippen LogP contribution in [0.1, 0.15) is 28.5 Å². The van der Waals surface area contributed by atoms with Gasteiger partial charge in [-0.2, -0.15) is 0 Å². The molecule has 4 heterocycles. The molecule has 7 heteroatoms. The third-order valence-corrected chi connectivity index (χ3v) is 4.87. The highest BCUT2D eigenvalue weighted by Crippen LogP contribution is 2.26. The number of aromatic nitrogens is 3. The Morgan fingerprint density at radius 2 is 2.43 bits per heavy atom. The number of oxazole rings is 1. The Bertz CT molecular complexity index is 834. The van der Waals surface area contributed by atoms with Crippen LogP contribution in [0.3, 0.4) is 0 Å². The molecular formula is C16H16N4O2S. The second-order valence-corrected chi connectivity index (χ2v) is 6.55. The number of rotatable bonds is 3. The molecule has 0 aromatic carbocycles. The number of thiophene rings is 1. The lowest BCUT2D eigenvalue weighted by molar-refractivity contribution is 0.0921. The van der Waals surface area contributed by atoms with Crippen molar-refractivity contribution in [3.05, 3.63) is 47.2 Å². The van der Waals surface area contributed by atoms with E-state index in [4.69, 9.17) is 4.42 Å². The lowest BCUT2D eigenvalue weighted by Gasteiger charge is -2.24. The molecule has 118 valence electrons. The second-order valence-electron chi connectivity index (χ2n) is 5.61. The summed E-state index contributed by atoms with van der Waals surface area (Å²) in [5.41, 5.74) is 0.366. The summed E-state index contributed by atoms with van der Waals surface area (Å²) >= 11 is 1.54. The summed E-state index contributed by atoms with van der Waals surface area (Å²) in [6.45, 7) is 2.52. The summed E-state index contributed by atoms with van der Waals surface area (Å²) in [5, 5.41) is 5.02. The molecule has 0 unspecified atom stereocenters. The lowest BCUT2D eigenvalue weighted by Crippen LogP contribution is -2.41. The van der Waals surface area contributed by atoms with Gasteiger partial charge in [-0.3, -0.25) is 4.79 Å². The zero-order valence-electron chi connectivity index (χ0n) is 12.7. The van der Waals surface area contributed by atoms with Crippen LogP contribution in [0.2, 0.25) is 0 Å². The molecule has 1 amide bonds. The van der Waals surface area contributed by atoms with Crippen LogP contribution < -0.4 is 5.32 Å². The molecule has 0 radical (unpaired) electrons. The molecule has 0 fully saturated rings. The number of hydrogen-bond donors (Lipinski definition) is 1. The molecular weight excluding hydrogens is 312 g/mol. The highest BCUT2D eigenvalue weighted by molar-refractivity contribution is 7.13. The van der Waals surface area contributed by atoms with Gasteiger partial charge in [0.25, 0.3) is 5.91 Å². The molecule has 0 bridgehead atoms. The van der Waals surface area contributed by atoms with Crippen LogP contribution >= 0.6 is 11.3 Å². The summed E-state index contributed by atoms with van der Waals surface area (Å²) in [5.74, 6) is 1.95. The maximum Gasteiger partial charge on any atom is 0.273 e. The fourth-order valence-electron chi connectivity index (χ4n) is 2.85. The van der Waals surface area contributed by atoms with Gasteiger partial charge in [0, 0.05) is 31.4 Å². The molecule has 23 heavy (non-hydrogen) atoms. The van der Waals surface area contributed by atoms with E-state index in [0.29, 0.717) is 17.3 Å². The number of aryl methyl sites for hydroxylation is 2. The van der Waals surface area contributed by atoms with E-state index < -0.39 is 0 Å². The van der Waals surface area contributed by atoms with Gasteiger partial charge < -0.3 is 14.3 Å². The van der Waals surface area contributed by atoms with Crippen molar-refractivity contribution in [2.75, 3.05) is 0 Å². The summed E-state index contributed by atoms with van der Waals surface area (Å²) in [6.07, 6.45) is 5.51. The van der Waals surface area contributed by atoms with Crippen LogP contribution in [0.25, 0.3) is 10.8 Å². The number of imidazole rings is 1. The van der Waals surface area contributed by atoms with E-state index in [2.05, 4.69) is 19.9 Å². The van der Waals surface area contributed by atoms with Crippen LogP contribution in [0.15, 0.2) is 34.3 Å². The number of fused-ring (bicyclic) bond motifs is 1. The van der Waals surface area contributed by atoms with E-state index >= 15 is 0 Å². The minimum absolute atomic E-state index is 0.0884. The third-order valence-electron chi connectivity index (χ3n) is 4.01. The van der Waals surface area contributed by atoms with E-state index in [-0.39, 0.29) is 11.9 Å². The standard InChI is InChI=1S/C16H16N4O2S/c1-10-14(19-16(22-10)12-3-2-8-23-12)15(21)18-11-4-5-13-17-6-7-20(13)9-11/h2-3,6-8,11H,4-5,9H2,1H3,(H,18,21)/t11-/m1/s1. The maximum absolute atomic E-state index is 12.5. The van der Waals surface area contributed by atoms with Crippen molar-refractivity contribution in [1.82, 2.24) is 19.9 Å². The molecule has 0 spiro atoms. The van der Waals surface area contributed by atoms with Crippen LogP contribution in [0.5, 0.6) is 0 Å². The fourth-order valence-corrected chi connectivity index (χ4v) is 3.50. The minimum atomic E-state index is -0.178. The van der Waals surface area contributed by atoms with E-state index in [0.717, 1.165) is 30.1 Å². The zero-order valence-corrected chi connectivity index (χ0v) is 13.5. The number of hydrogen-bond acceptors (Lipinski definition) is 5. The van der Waals surface area contributed by atoms with Gasteiger partial charge in [0.2, 0.25) is 5.89 Å². The number of amides is 1. The summed E-state index contributed by atoms with van der Waals surface area (Å²) in [7, 11) is 0. The minimum Gasteiger partial charge on any atom is -0.440 e. The van der Waals surface area contributed by atoms with Crippen molar-refractivity contribution in [3.8, 4) is 10.8 Å². The Kier molecular flexibility index (Phi) is 3.49. The van der Waals surface area contributed by atoms with Crippen LogP contribution in [-0.4, -0.2) is 26.5 Å². The average molecular weight is 328 g/mol. The van der Waals surface area contributed by atoms with E-state index in [1.54, 1.807) is 24.5 Å². The lowest BCUT2D eigenvalue weighted by atomic mass is 10.1. The van der Waals surface area contributed by atoms with Gasteiger partial charge in [-0.1, -0.05) is 6.07 Å². The van der Waals surface area contributed by atoms with Crippen molar-refractivity contribution in [1.29, 1.82) is 0 Å². The molecule has 1 atom stereocenters. The molecule has 0 saturated heterocycles. The second kappa shape index (κ2) is 5.66. The van der Waals surface area contributed by atoms with Crippen LogP contribution in [0.4, 0.5) is 0 Å². The van der Waals surface area contributed by atoms with Gasteiger partial charge in [-0.05, 0) is 24.8 Å². The SMILES string of the molecule is Cc1oc(-c2cccs2)nc1C(=O)N[C@@H]1CCc2nccn2C1. The smallest absolute Gasteiger partial charge is 0.273 e. The number of carbonyl (C=O) groups excluding carboxylic acids is 1. The molecule has 1 aliphatic rings. The highest BCUT2D eigenvalue weighted by Gasteiger charge is 2.24. The number of carbonyl (C=O) groups is 1. The zero-order chi connectivity index (χ0) is 15.8. The van der Waals surface area contributed by atoms with Gasteiger partial charge in [-0.15, -0.1) is 11.3 Å². The molecule has 0 aliphatic carbocycles. The highest BCUT2D eigenvalue weighted by atomic mass is 32.1. The Hall–Kier alpha value is -2.41. The molecule has 4 rings (SSSR count). The van der Waals surface area contributed by atoms with Crippen molar-refractivity contribution in [2.24, 2.45) is 0 Å². The molecule has 1 aliphatic heterocycles. The Morgan fingerprint density at radius 3 is 3.26 bits per heavy atom. The van der Waals surface area contributed by atoms with Crippen molar-refractivity contribution < 1.29 is 9.21 Å². The van der Waals surface area contributed by atoms with Crippen molar-refractivity contribution >= 4 is 17.2 Å². The fraction of sp³-hybridized carbons (Fsp3) is 0.312.